The number of ether oxygens (including phenoxy) is 2. The van der Waals surface area contributed by atoms with Gasteiger partial charge in [0.05, 0.1) is 27.5 Å². The van der Waals surface area contributed by atoms with E-state index >= 15 is 0 Å². The average molecular weight is 650 g/mol. The molecule has 0 aliphatic carbocycles. The minimum atomic E-state index is -2.76. The molecule has 19 heteroatoms. The minimum absolute atomic E-state index is 0. The number of hydrazone groups is 1. The second-order valence-corrected chi connectivity index (χ2v) is 11.8. The van der Waals surface area contributed by atoms with Crippen molar-refractivity contribution in [3.8, 4) is 11.5 Å². The fourth-order valence-corrected chi connectivity index (χ4v) is 5.40. The zero-order valence-corrected chi connectivity index (χ0v) is 30.1. The van der Waals surface area contributed by atoms with Gasteiger partial charge >= 0.3 is 88.2 Å². The first-order chi connectivity index (χ1) is 18.2. The van der Waals surface area contributed by atoms with Crippen molar-refractivity contribution in [1.29, 1.82) is 0 Å². The second-order valence-electron chi connectivity index (χ2n) is 7.41. The SMILES string of the molecule is COC(=O)C(Cc1ccc(O[P+](=S)N(C)/N=C/c2ccc(OC)cc2)cc1)N(C[P+](=O)O[O-])C[P+](=O)O[O-].[Na+].[Na+]. The molecule has 204 valence electrons. The molecule has 0 amide bonds. The third kappa shape index (κ3) is 13.6. The van der Waals surface area contributed by atoms with Crippen LogP contribution < -0.4 is 78.9 Å². The number of carbonyl (C=O) groups excluding carboxylic acids is 1. The summed E-state index contributed by atoms with van der Waals surface area (Å²) < 4.78 is 47.7. The molecular formula is C21H25N3Na2O10P3S+3. The number of rotatable bonds is 16. The van der Waals surface area contributed by atoms with Crippen LogP contribution in [0.4, 0.5) is 0 Å². The van der Waals surface area contributed by atoms with Crippen molar-refractivity contribution >= 4 is 47.1 Å². The zero-order valence-electron chi connectivity index (χ0n) is 22.6. The van der Waals surface area contributed by atoms with Gasteiger partial charge in [-0.25, -0.2) is 4.90 Å². The van der Waals surface area contributed by atoms with Crippen molar-refractivity contribution in [3.05, 3.63) is 59.7 Å². The number of nitrogens with zero attached hydrogens (tertiary/aromatic N) is 3. The van der Waals surface area contributed by atoms with Crippen molar-refractivity contribution in [3.63, 3.8) is 0 Å². The Morgan fingerprint density at radius 3 is 1.98 bits per heavy atom. The van der Waals surface area contributed by atoms with Crippen molar-refractivity contribution in [1.82, 2.24) is 9.68 Å². The standard InChI is InChI=1S/C21H25N3O10P3S.2Na/c1-23(22-13-17-6-8-18(30-2)9-7-17)37(38)32-19-10-4-16(5-11-19)12-20(21(25)31-3)24(14-35(28)33-26)15-36(29)34-27;;/h4-11,13,20H,12,14-15H2,1-3H3;;/q3*+1/b22-13+;;. The van der Waals surface area contributed by atoms with E-state index in [1.54, 1.807) is 44.6 Å². The third-order valence-corrected chi connectivity index (χ3v) is 8.33. The quantitative estimate of drug-likeness (QED) is 0.0435. The summed E-state index contributed by atoms with van der Waals surface area (Å²) in [6.07, 6.45) is 0.525. The Kier molecular flexibility index (Phi) is 21.0. The number of hydrogen-bond acceptors (Lipinski definition) is 13. The normalized spacial score (nSPS) is 12.5. The first kappa shape index (κ1) is 39.5. The topological polar surface area (TPSA) is 162 Å². The van der Waals surface area contributed by atoms with E-state index in [9.17, 15) is 24.4 Å². The van der Waals surface area contributed by atoms with Gasteiger partial charge in [-0.05, 0) is 63.1 Å². The maximum Gasteiger partial charge on any atom is 1.00 e. The summed E-state index contributed by atoms with van der Waals surface area (Å²) in [4.78, 5) is 13.5. The summed E-state index contributed by atoms with van der Waals surface area (Å²) in [6.45, 7) is 0. The largest absolute Gasteiger partial charge is 1.00 e. The Hall–Kier alpha value is -0.500. The molecule has 2 rings (SSSR count). The Morgan fingerprint density at radius 1 is 0.975 bits per heavy atom. The van der Waals surface area contributed by atoms with Gasteiger partial charge in [0, 0.05) is 0 Å². The summed E-state index contributed by atoms with van der Waals surface area (Å²) in [5, 5.41) is 25.4. The van der Waals surface area contributed by atoms with E-state index in [2.05, 4.69) is 14.5 Å². The van der Waals surface area contributed by atoms with Gasteiger partial charge in [-0.1, -0.05) is 16.9 Å². The second kappa shape index (κ2) is 21.2. The van der Waals surface area contributed by atoms with E-state index in [1.165, 1.54) is 4.78 Å². The molecule has 4 atom stereocenters. The molecule has 0 spiro atoms. The van der Waals surface area contributed by atoms with E-state index in [0.29, 0.717) is 11.3 Å². The molecule has 0 aliphatic heterocycles. The molecule has 2 aromatic carbocycles. The van der Waals surface area contributed by atoms with E-state index in [-0.39, 0.29) is 65.5 Å². The van der Waals surface area contributed by atoms with Crippen molar-refractivity contribution in [2.75, 3.05) is 33.8 Å². The Balaban J connectivity index is 0.00000760. The Morgan fingerprint density at radius 2 is 1.50 bits per heavy atom. The van der Waals surface area contributed by atoms with Crippen LogP contribution >= 0.6 is 23.1 Å². The summed E-state index contributed by atoms with van der Waals surface area (Å²) in [5.74, 6) is 0.426. The number of benzene rings is 2. The van der Waals surface area contributed by atoms with Crippen LogP contribution in [-0.2, 0) is 46.2 Å². The molecular weight excluding hydrogens is 625 g/mol. The van der Waals surface area contributed by atoms with Gasteiger partial charge in [0.25, 0.3) is 0 Å². The minimum Gasteiger partial charge on any atom is -0.674 e. The molecule has 0 heterocycles. The molecule has 0 N–H and O–H groups in total. The van der Waals surface area contributed by atoms with Crippen LogP contribution in [0.15, 0.2) is 53.6 Å². The maximum absolute atomic E-state index is 12.4. The van der Waals surface area contributed by atoms with E-state index in [0.717, 1.165) is 23.3 Å². The van der Waals surface area contributed by atoms with Gasteiger partial charge in [-0.2, -0.15) is 9.35 Å². The number of carbonyl (C=O) groups is 1. The van der Waals surface area contributed by atoms with Crippen molar-refractivity contribution in [2.24, 2.45) is 5.10 Å². The molecule has 4 unspecified atom stereocenters. The monoisotopic (exact) mass is 650 g/mol. The molecule has 0 bridgehead atoms. The molecule has 13 nitrogen and oxygen atoms in total. The molecule has 0 aliphatic rings. The fraction of sp³-hybridized carbons (Fsp3) is 0.333. The molecule has 0 fully saturated rings. The van der Waals surface area contributed by atoms with Crippen LogP contribution in [0, 0.1) is 0 Å². The maximum atomic E-state index is 12.4. The molecule has 40 heavy (non-hydrogen) atoms. The molecule has 0 saturated carbocycles. The Labute approximate surface area is 283 Å². The summed E-state index contributed by atoms with van der Waals surface area (Å²) in [5.41, 5.74) is 1.47. The molecule has 2 aromatic rings. The van der Waals surface area contributed by atoms with E-state index in [1.807, 2.05) is 24.3 Å². The molecule has 0 radical (unpaired) electrons. The number of hydrogen-bond donors (Lipinski definition) is 0. The van der Waals surface area contributed by atoms with E-state index < -0.39 is 47.7 Å². The predicted octanol–water partition coefficient (Wildman–Crippen LogP) is -3.81. The fourth-order valence-electron chi connectivity index (χ4n) is 3.02. The van der Waals surface area contributed by atoms with Crippen molar-refractivity contribution < 1.29 is 107 Å². The first-order valence-electron chi connectivity index (χ1n) is 10.7. The number of methoxy groups -OCH3 is 2. The Bertz CT molecular complexity index is 1130. The van der Waals surface area contributed by atoms with Crippen LogP contribution in [-0.4, -0.2) is 61.7 Å². The van der Waals surface area contributed by atoms with E-state index in [4.69, 9.17) is 25.8 Å². The van der Waals surface area contributed by atoms with Crippen LogP contribution in [0.3, 0.4) is 0 Å². The smallest absolute Gasteiger partial charge is 0.674 e. The van der Waals surface area contributed by atoms with Crippen LogP contribution in [0.5, 0.6) is 11.5 Å². The third-order valence-electron chi connectivity index (χ3n) is 4.94. The zero-order chi connectivity index (χ0) is 28.1. The summed E-state index contributed by atoms with van der Waals surface area (Å²) in [7, 11) is -2.64. The summed E-state index contributed by atoms with van der Waals surface area (Å²) >= 11 is 5.42. The average Bonchev–Trinajstić information content (AvgIpc) is 2.94. The van der Waals surface area contributed by atoms with Gasteiger partial charge in [-0.3, -0.25) is 9.32 Å². The van der Waals surface area contributed by atoms with Crippen molar-refractivity contribution in [2.45, 2.75) is 12.5 Å². The van der Waals surface area contributed by atoms with Crippen LogP contribution in [0.1, 0.15) is 11.1 Å². The van der Waals surface area contributed by atoms with Crippen LogP contribution in [0.25, 0.3) is 0 Å². The van der Waals surface area contributed by atoms with Gasteiger partial charge in [0.1, 0.15) is 11.8 Å². The molecule has 0 aromatic heterocycles. The number of esters is 1. The first-order valence-corrected chi connectivity index (χ1v) is 15.6. The predicted molar refractivity (Wildman–Crippen MR) is 138 cm³/mol. The van der Waals surface area contributed by atoms with Gasteiger partial charge < -0.3 is 20.0 Å². The van der Waals surface area contributed by atoms with Gasteiger partial charge in [0.2, 0.25) is 24.4 Å². The van der Waals surface area contributed by atoms with Crippen LogP contribution in [0.2, 0.25) is 0 Å². The van der Waals surface area contributed by atoms with Gasteiger partial charge in [-0.15, -0.1) is 5.10 Å². The summed E-state index contributed by atoms with van der Waals surface area (Å²) in [6, 6.07) is 12.8. The molecule has 0 saturated heterocycles. The van der Waals surface area contributed by atoms with Gasteiger partial charge in [0.15, 0.2) is 5.75 Å².